The van der Waals surface area contributed by atoms with Crippen LogP contribution in [0.1, 0.15) is 27.0 Å². The highest BCUT2D eigenvalue weighted by Crippen LogP contribution is 2.35. The van der Waals surface area contributed by atoms with E-state index in [9.17, 15) is 13.6 Å². The highest BCUT2D eigenvalue weighted by molar-refractivity contribution is 7.14. The molecule has 9 heteroatoms. The molecule has 2 heterocycles. The molecule has 5 nitrogen and oxygen atoms in total. The van der Waals surface area contributed by atoms with Gasteiger partial charge in [0.1, 0.15) is 5.15 Å². The van der Waals surface area contributed by atoms with Crippen LogP contribution in [0.25, 0.3) is 11.1 Å². The Bertz CT molecular complexity index is 988. The monoisotopic (exact) mass is 424 g/mol. The van der Waals surface area contributed by atoms with E-state index >= 15 is 0 Å². The van der Waals surface area contributed by atoms with E-state index in [1.54, 1.807) is 12.3 Å². The molecule has 1 amide bonds. The van der Waals surface area contributed by atoms with Gasteiger partial charge < -0.3 is 11.1 Å². The van der Waals surface area contributed by atoms with Crippen LogP contribution in [-0.2, 0) is 12.8 Å². The summed E-state index contributed by atoms with van der Waals surface area (Å²) in [7, 11) is 0. The summed E-state index contributed by atoms with van der Waals surface area (Å²) in [5, 5.41) is 9.88. The molecule has 0 saturated carbocycles. The molecule has 3 aromatic rings. The number of rotatable bonds is 7. The van der Waals surface area contributed by atoms with Gasteiger partial charge in [0.25, 0.3) is 5.91 Å². The van der Waals surface area contributed by atoms with E-state index in [0.29, 0.717) is 22.0 Å². The lowest BCUT2D eigenvalue weighted by molar-refractivity contribution is 0.0942. The van der Waals surface area contributed by atoms with Gasteiger partial charge in [0.15, 0.2) is 11.6 Å². The zero-order valence-electron chi connectivity index (χ0n) is 15.1. The lowest BCUT2D eigenvalue weighted by Gasteiger charge is -2.16. The quantitative estimate of drug-likeness (QED) is 0.537. The van der Waals surface area contributed by atoms with Crippen LogP contribution in [-0.4, -0.2) is 28.7 Å². The second-order valence-electron chi connectivity index (χ2n) is 6.26. The number of thiophene rings is 1. The highest BCUT2D eigenvalue weighted by Gasteiger charge is 2.20. The van der Waals surface area contributed by atoms with Crippen molar-refractivity contribution in [1.29, 1.82) is 0 Å². The molecule has 28 heavy (non-hydrogen) atoms. The van der Waals surface area contributed by atoms with Crippen molar-refractivity contribution in [3.8, 4) is 11.1 Å². The fraction of sp³-hybridized carbons (Fsp3) is 0.263. The number of carbonyl (C=O) groups excluding carboxylic acids is 1. The van der Waals surface area contributed by atoms with Crippen LogP contribution in [0.4, 0.5) is 8.78 Å². The average Bonchev–Trinajstić information content (AvgIpc) is 3.29. The molecular weight excluding hydrogens is 406 g/mol. The van der Waals surface area contributed by atoms with Gasteiger partial charge in [-0.3, -0.25) is 9.89 Å². The van der Waals surface area contributed by atoms with Crippen LogP contribution >= 0.6 is 22.9 Å². The zero-order chi connectivity index (χ0) is 20.3. The van der Waals surface area contributed by atoms with Crippen LogP contribution in [0, 0.1) is 11.6 Å². The van der Waals surface area contributed by atoms with Gasteiger partial charge >= 0.3 is 0 Å². The minimum absolute atomic E-state index is 0.164. The molecule has 2 aromatic heterocycles. The number of H-pyrrole nitrogens is 1. The predicted molar refractivity (Wildman–Crippen MR) is 107 cm³/mol. The van der Waals surface area contributed by atoms with Crippen LogP contribution in [0.15, 0.2) is 30.5 Å². The lowest BCUT2D eigenvalue weighted by atomic mass is 10.1. The number of hydrogen-bond donors (Lipinski definition) is 3. The third-order valence-electron chi connectivity index (χ3n) is 4.32. The van der Waals surface area contributed by atoms with E-state index in [1.165, 1.54) is 17.4 Å². The summed E-state index contributed by atoms with van der Waals surface area (Å²) in [6.07, 6.45) is 2.66. The number of nitrogens with one attached hydrogen (secondary N) is 2. The van der Waals surface area contributed by atoms with Crippen molar-refractivity contribution in [1.82, 2.24) is 15.5 Å². The number of benzene rings is 1. The molecule has 0 bridgehead atoms. The normalized spacial score (nSPS) is 12.2. The summed E-state index contributed by atoms with van der Waals surface area (Å²) in [5.74, 6) is -2.11. The smallest absolute Gasteiger partial charge is 0.261 e. The molecule has 0 aliphatic heterocycles. The number of hydrogen-bond acceptors (Lipinski definition) is 4. The van der Waals surface area contributed by atoms with Crippen molar-refractivity contribution >= 4 is 28.8 Å². The number of nitrogens with zero attached hydrogens (tertiary/aromatic N) is 1. The van der Waals surface area contributed by atoms with E-state index in [0.717, 1.165) is 34.6 Å². The topological polar surface area (TPSA) is 83.8 Å². The minimum Gasteiger partial charge on any atom is -0.347 e. The first-order valence-corrected chi connectivity index (χ1v) is 9.89. The Morgan fingerprint density at radius 3 is 2.71 bits per heavy atom. The van der Waals surface area contributed by atoms with Gasteiger partial charge in [-0.05, 0) is 36.6 Å². The molecule has 0 aliphatic rings. The Morgan fingerprint density at radius 1 is 1.32 bits per heavy atom. The summed E-state index contributed by atoms with van der Waals surface area (Å²) in [6.45, 7) is 2.16. The Morgan fingerprint density at radius 2 is 2.11 bits per heavy atom. The molecule has 3 rings (SSSR count). The minimum atomic E-state index is -0.924. The van der Waals surface area contributed by atoms with Crippen molar-refractivity contribution in [2.24, 2.45) is 5.73 Å². The zero-order valence-corrected chi connectivity index (χ0v) is 16.6. The highest BCUT2D eigenvalue weighted by atomic mass is 35.5. The van der Waals surface area contributed by atoms with Crippen molar-refractivity contribution in [2.75, 3.05) is 6.54 Å². The number of aromatic nitrogens is 2. The van der Waals surface area contributed by atoms with Crippen LogP contribution in [0.5, 0.6) is 0 Å². The lowest BCUT2D eigenvalue weighted by Crippen LogP contribution is -2.41. The van der Waals surface area contributed by atoms with Gasteiger partial charge in [-0.15, -0.1) is 11.3 Å². The molecule has 0 radical (unpaired) electrons. The molecular formula is C19H19ClF2N4OS. The largest absolute Gasteiger partial charge is 0.347 e. The second-order valence-corrected chi connectivity index (χ2v) is 7.77. The number of aryl methyl sites for hydroxylation is 1. The first kappa shape index (κ1) is 20.4. The number of amides is 1. The maximum atomic E-state index is 13.4. The molecule has 0 saturated heterocycles. The standard InChI is InChI=1S/C19H19ClF2N4OS/c1-2-16-12(13-9-24-26-18(13)20)7-17(28-16)19(27)25-11(8-23)5-10-3-4-14(21)15(22)6-10/h3-4,6-7,9,11H,2,5,8,23H2,1H3,(H,24,26)(H,25,27). The van der Waals surface area contributed by atoms with Crippen molar-refractivity contribution in [2.45, 2.75) is 25.8 Å². The van der Waals surface area contributed by atoms with E-state index in [4.69, 9.17) is 17.3 Å². The maximum absolute atomic E-state index is 13.4. The molecule has 148 valence electrons. The van der Waals surface area contributed by atoms with Gasteiger partial charge in [0, 0.05) is 28.6 Å². The molecule has 1 atom stereocenters. The molecule has 1 unspecified atom stereocenters. The SMILES string of the molecule is CCc1sc(C(=O)NC(CN)Cc2ccc(F)c(F)c2)cc1-c1cn[nH]c1Cl. The summed E-state index contributed by atoms with van der Waals surface area (Å²) < 4.78 is 26.5. The Hall–Kier alpha value is -2.29. The van der Waals surface area contributed by atoms with Crippen molar-refractivity contribution in [3.63, 3.8) is 0 Å². The number of nitrogens with two attached hydrogens (primary N) is 1. The van der Waals surface area contributed by atoms with E-state index in [2.05, 4.69) is 15.5 Å². The van der Waals surface area contributed by atoms with Gasteiger partial charge in [-0.2, -0.15) is 5.10 Å². The third kappa shape index (κ3) is 4.40. The Kier molecular flexibility index (Phi) is 6.43. The van der Waals surface area contributed by atoms with Crippen LogP contribution in [0.3, 0.4) is 0 Å². The maximum Gasteiger partial charge on any atom is 0.261 e. The van der Waals surface area contributed by atoms with Crippen molar-refractivity contribution in [3.05, 3.63) is 62.6 Å². The summed E-state index contributed by atoms with van der Waals surface area (Å²) in [5.41, 5.74) is 7.92. The van der Waals surface area contributed by atoms with Gasteiger partial charge in [0.05, 0.1) is 11.1 Å². The Balaban J connectivity index is 1.76. The molecule has 0 aliphatic carbocycles. The van der Waals surface area contributed by atoms with E-state index in [-0.39, 0.29) is 12.5 Å². The Labute approximate surface area is 169 Å². The molecule has 1 aromatic carbocycles. The fourth-order valence-corrected chi connectivity index (χ4v) is 4.11. The second kappa shape index (κ2) is 8.81. The summed E-state index contributed by atoms with van der Waals surface area (Å²) in [4.78, 5) is 14.2. The predicted octanol–water partition coefficient (Wildman–Crippen LogP) is 3.93. The average molecular weight is 425 g/mol. The first-order chi connectivity index (χ1) is 13.4. The van der Waals surface area contributed by atoms with E-state index < -0.39 is 17.7 Å². The van der Waals surface area contributed by atoms with E-state index in [1.807, 2.05) is 6.92 Å². The molecule has 4 N–H and O–H groups in total. The summed E-state index contributed by atoms with van der Waals surface area (Å²) in [6, 6.07) is 5.02. The van der Waals surface area contributed by atoms with Gasteiger partial charge in [-0.1, -0.05) is 24.6 Å². The number of carbonyl (C=O) groups is 1. The number of aromatic amines is 1. The molecule has 0 fully saturated rings. The van der Waals surface area contributed by atoms with Gasteiger partial charge in [0.2, 0.25) is 0 Å². The van der Waals surface area contributed by atoms with Crippen molar-refractivity contribution < 1.29 is 13.6 Å². The van der Waals surface area contributed by atoms with Crippen LogP contribution < -0.4 is 11.1 Å². The number of halogens is 3. The third-order valence-corrected chi connectivity index (χ3v) is 5.89. The summed E-state index contributed by atoms with van der Waals surface area (Å²) >= 11 is 7.50. The van der Waals surface area contributed by atoms with Crippen LogP contribution in [0.2, 0.25) is 5.15 Å². The molecule has 0 spiro atoms. The fourth-order valence-electron chi connectivity index (χ4n) is 2.89. The first-order valence-electron chi connectivity index (χ1n) is 8.69. The van der Waals surface area contributed by atoms with Gasteiger partial charge in [-0.25, -0.2) is 8.78 Å².